The van der Waals surface area contributed by atoms with E-state index in [0.717, 1.165) is 11.3 Å². The van der Waals surface area contributed by atoms with Gasteiger partial charge < -0.3 is 9.26 Å². The van der Waals surface area contributed by atoms with Gasteiger partial charge in [0.15, 0.2) is 6.61 Å². The topological polar surface area (TPSA) is 48.2 Å². The summed E-state index contributed by atoms with van der Waals surface area (Å²) in [6.07, 6.45) is 0. The molecular formula is C16H13FN2O2. The summed E-state index contributed by atoms with van der Waals surface area (Å²) in [5.41, 5.74) is 1.58. The van der Waals surface area contributed by atoms with Crippen LogP contribution >= 0.6 is 0 Å². The number of halogens is 1. The third-order valence-corrected chi connectivity index (χ3v) is 2.99. The van der Waals surface area contributed by atoms with Gasteiger partial charge in [-0.2, -0.15) is 4.98 Å². The lowest BCUT2D eigenvalue weighted by atomic mass is 10.2. The number of benzene rings is 2. The van der Waals surface area contributed by atoms with E-state index in [4.69, 9.17) is 9.26 Å². The SMILES string of the molecule is Cc1ccccc1OCc1noc(-c2cccc(F)c2)n1. The molecule has 0 fully saturated rings. The van der Waals surface area contributed by atoms with Crippen molar-refractivity contribution in [3.63, 3.8) is 0 Å². The Morgan fingerprint density at radius 2 is 2.00 bits per heavy atom. The molecule has 5 heteroatoms. The monoisotopic (exact) mass is 284 g/mol. The smallest absolute Gasteiger partial charge is 0.258 e. The van der Waals surface area contributed by atoms with E-state index in [1.165, 1.54) is 12.1 Å². The Kier molecular flexibility index (Phi) is 3.64. The van der Waals surface area contributed by atoms with E-state index in [1.54, 1.807) is 12.1 Å². The van der Waals surface area contributed by atoms with Crippen LogP contribution in [-0.2, 0) is 6.61 Å². The van der Waals surface area contributed by atoms with Crippen molar-refractivity contribution in [3.8, 4) is 17.2 Å². The first-order valence-electron chi connectivity index (χ1n) is 6.49. The minimum atomic E-state index is -0.344. The van der Waals surface area contributed by atoms with Crippen LogP contribution < -0.4 is 4.74 Å². The molecule has 0 atom stereocenters. The highest BCUT2D eigenvalue weighted by molar-refractivity contribution is 5.52. The Balaban J connectivity index is 1.72. The van der Waals surface area contributed by atoms with Crippen LogP contribution in [0.3, 0.4) is 0 Å². The number of nitrogens with zero attached hydrogens (tertiary/aromatic N) is 2. The fourth-order valence-electron chi connectivity index (χ4n) is 1.91. The standard InChI is InChI=1S/C16H13FN2O2/c1-11-5-2-3-8-14(11)20-10-15-18-16(21-19-15)12-6-4-7-13(17)9-12/h2-9H,10H2,1H3. The van der Waals surface area contributed by atoms with Crippen LogP contribution in [0.1, 0.15) is 11.4 Å². The van der Waals surface area contributed by atoms with Crippen LogP contribution in [0.2, 0.25) is 0 Å². The lowest BCUT2D eigenvalue weighted by Gasteiger charge is -2.05. The Labute approximate surface area is 121 Å². The lowest BCUT2D eigenvalue weighted by Crippen LogP contribution is -1.98. The van der Waals surface area contributed by atoms with Crippen LogP contribution in [-0.4, -0.2) is 10.1 Å². The minimum absolute atomic E-state index is 0.198. The Morgan fingerprint density at radius 3 is 2.81 bits per heavy atom. The van der Waals surface area contributed by atoms with E-state index in [1.807, 2.05) is 31.2 Å². The molecule has 106 valence electrons. The zero-order valence-electron chi connectivity index (χ0n) is 11.4. The summed E-state index contributed by atoms with van der Waals surface area (Å²) >= 11 is 0. The molecule has 0 radical (unpaired) electrons. The summed E-state index contributed by atoms with van der Waals surface area (Å²) < 4.78 is 23.9. The van der Waals surface area contributed by atoms with Gasteiger partial charge in [0.25, 0.3) is 5.89 Å². The highest BCUT2D eigenvalue weighted by Crippen LogP contribution is 2.20. The van der Waals surface area contributed by atoms with Gasteiger partial charge in [0, 0.05) is 5.56 Å². The van der Waals surface area contributed by atoms with Gasteiger partial charge >= 0.3 is 0 Å². The van der Waals surface area contributed by atoms with Gasteiger partial charge in [0.05, 0.1) is 0 Å². The summed E-state index contributed by atoms with van der Waals surface area (Å²) in [6.45, 7) is 2.16. The molecule has 4 nitrogen and oxygen atoms in total. The second-order valence-electron chi connectivity index (χ2n) is 4.58. The van der Waals surface area contributed by atoms with Crippen molar-refractivity contribution in [2.45, 2.75) is 13.5 Å². The van der Waals surface area contributed by atoms with Crippen LogP contribution in [0.5, 0.6) is 5.75 Å². The van der Waals surface area contributed by atoms with E-state index < -0.39 is 0 Å². The Morgan fingerprint density at radius 1 is 1.14 bits per heavy atom. The maximum atomic E-state index is 13.2. The molecular weight excluding hydrogens is 271 g/mol. The first kappa shape index (κ1) is 13.3. The summed E-state index contributed by atoms with van der Waals surface area (Å²) in [4.78, 5) is 4.20. The van der Waals surface area contributed by atoms with Crippen molar-refractivity contribution in [2.75, 3.05) is 0 Å². The minimum Gasteiger partial charge on any atom is -0.485 e. The van der Waals surface area contributed by atoms with E-state index in [2.05, 4.69) is 10.1 Å². The average Bonchev–Trinajstić information content (AvgIpc) is 2.95. The van der Waals surface area contributed by atoms with Gasteiger partial charge in [0.1, 0.15) is 11.6 Å². The molecule has 1 heterocycles. The Hall–Kier alpha value is -2.69. The number of rotatable bonds is 4. The zero-order chi connectivity index (χ0) is 14.7. The lowest BCUT2D eigenvalue weighted by molar-refractivity contribution is 0.285. The van der Waals surface area contributed by atoms with E-state index in [-0.39, 0.29) is 18.3 Å². The number of ether oxygens (including phenoxy) is 1. The first-order chi connectivity index (χ1) is 10.2. The molecule has 2 aromatic carbocycles. The molecule has 0 unspecified atom stereocenters. The molecule has 21 heavy (non-hydrogen) atoms. The molecule has 0 aliphatic heterocycles. The second-order valence-corrected chi connectivity index (χ2v) is 4.58. The van der Waals surface area contributed by atoms with Crippen LogP contribution in [0.25, 0.3) is 11.5 Å². The number of hydrogen-bond acceptors (Lipinski definition) is 4. The third-order valence-electron chi connectivity index (χ3n) is 2.99. The maximum Gasteiger partial charge on any atom is 0.258 e. The van der Waals surface area contributed by atoms with Crippen molar-refractivity contribution in [1.29, 1.82) is 0 Å². The van der Waals surface area contributed by atoms with Crippen LogP contribution in [0.15, 0.2) is 53.1 Å². The van der Waals surface area contributed by atoms with Gasteiger partial charge in [0.2, 0.25) is 5.82 Å². The molecule has 1 aromatic heterocycles. The summed E-state index contributed by atoms with van der Waals surface area (Å²) in [6, 6.07) is 13.7. The molecule has 0 aliphatic carbocycles. The summed E-state index contributed by atoms with van der Waals surface area (Å²) in [7, 11) is 0. The molecule has 0 bridgehead atoms. The van der Waals surface area contributed by atoms with Crippen molar-refractivity contribution in [2.24, 2.45) is 0 Å². The van der Waals surface area contributed by atoms with Gasteiger partial charge in [-0.3, -0.25) is 0 Å². The molecule has 3 rings (SSSR count). The first-order valence-corrected chi connectivity index (χ1v) is 6.49. The molecule has 0 amide bonds. The van der Waals surface area contributed by atoms with Gasteiger partial charge in [-0.15, -0.1) is 0 Å². The molecule has 0 saturated heterocycles. The van der Waals surface area contributed by atoms with Crippen molar-refractivity contribution >= 4 is 0 Å². The molecule has 0 aliphatic rings. The summed E-state index contributed by atoms with van der Waals surface area (Å²) in [5.74, 6) is 1.12. The fourth-order valence-corrected chi connectivity index (χ4v) is 1.91. The number of hydrogen-bond donors (Lipinski definition) is 0. The van der Waals surface area contributed by atoms with Crippen LogP contribution in [0.4, 0.5) is 4.39 Å². The normalized spacial score (nSPS) is 10.6. The number of aryl methyl sites for hydroxylation is 1. The summed E-state index contributed by atoms with van der Waals surface area (Å²) in [5, 5.41) is 3.83. The zero-order valence-corrected chi connectivity index (χ0v) is 11.4. The highest BCUT2D eigenvalue weighted by atomic mass is 19.1. The number of aromatic nitrogens is 2. The molecule has 0 N–H and O–H groups in total. The highest BCUT2D eigenvalue weighted by Gasteiger charge is 2.10. The second kappa shape index (κ2) is 5.75. The molecule has 0 spiro atoms. The van der Waals surface area contributed by atoms with Crippen molar-refractivity contribution < 1.29 is 13.7 Å². The van der Waals surface area contributed by atoms with E-state index >= 15 is 0 Å². The maximum absolute atomic E-state index is 13.2. The van der Waals surface area contributed by atoms with Gasteiger partial charge in [-0.1, -0.05) is 29.4 Å². The molecule has 3 aromatic rings. The quantitative estimate of drug-likeness (QED) is 0.732. The number of para-hydroxylation sites is 1. The van der Waals surface area contributed by atoms with Gasteiger partial charge in [-0.25, -0.2) is 4.39 Å². The third kappa shape index (κ3) is 3.08. The predicted molar refractivity (Wildman–Crippen MR) is 75.2 cm³/mol. The largest absolute Gasteiger partial charge is 0.485 e. The van der Waals surface area contributed by atoms with E-state index in [0.29, 0.717) is 11.4 Å². The van der Waals surface area contributed by atoms with E-state index in [9.17, 15) is 4.39 Å². The van der Waals surface area contributed by atoms with Crippen molar-refractivity contribution in [3.05, 3.63) is 65.7 Å². The van der Waals surface area contributed by atoms with Crippen LogP contribution in [0, 0.1) is 12.7 Å². The fraction of sp³-hybridized carbons (Fsp3) is 0.125. The van der Waals surface area contributed by atoms with Gasteiger partial charge in [-0.05, 0) is 36.8 Å². The Bertz CT molecular complexity index is 755. The molecule has 0 saturated carbocycles. The van der Waals surface area contributed by atoms with Crippen molar-refractivity contribution in [1.82, 2.24) is 10.1 Å². The average molecular weight is 284 g/mol. The predicted octanol–water partition coefficient (Wildman–Crippen LogP) is 3.76.